The lowest BCUT2D eigenvalue weighted by atomic mass is 9.89. The van der Waals surface area contributed by atoms with Gasteiger partial charge in [-0.1, -0.05) is 19.1 Å². The number of rotatable bonds is 1. The number of allylic oxidation sites excluding steroid dienone is 1. The van der Waals surface area contributed by atoms with E-state index in [9.17, 15) is 13.2 Å². The van der Waals surface area contributed by atoms with Crippen LogP contribution >= 0.6 is 0 Å². The lowest BCUT2D eigenvalue weighted by molar-refractivity contribution is -0.273. The molecule has 0 spiro atoms. The number of methoxy groups -OCH3 is 1. The van der Waals surface area contributed by atoms with Gasteiger partial charge < -0.3 is 4.74 Å². The van der Waals surface area contributed by atoms with Gasteiger partial charge in [-0.15, -0.1) is 0 Å². The Bertz CT molecular complexity index is 222. The molecule has 0 aromatic heterocycles. The Morgan fingerprint density at radius 1 is 1.36 bits per heavy atom. The van der Waals surface area contributed by atoms with E-state index in [1.54, 1.807) is 12.2 Å². The van der Waals surface area contributed by atoms with E-state index < -0.39 is 11.8 Å². The molecule has 2 atom stereocenters. The smallest absolute Gasteiger partial charge is 0.368 e. The molecule has 0 saturated heterocycles. The zero-order valence-electron chi connectivity index (χ0n) is 8.40. The highest BCUT2D eigenvalue weighted by atomic mass is 19.4. The molecule has 1 nitrogen and oxygen atoms in total. The van der Waals surface area contributed by atoms with Crippen LogP contribution in [0.25, 0.3) is 0 Å². The molecule has 0 aromatic carbocycles. The summed E-state index contributed by atoms with van der Waals surface area (Å²) in [6.07, 6.45) is -0.249. The molecule has 0 heterocycles. The number of alkyl halides is 3. The molecule has 82 valence electrons. The maximum Gasteiger partial charge on any atom is 0.417 e. The van der Waals surface area contributed by atoms with Crippen LogP contribution in [0.5, 0.6) is 0 Å². The summed E-state index contributed by atoms with van der Waals surface area (Å²) in [5.41, 5.74) is -1.97. The Balaban J connectivity index is 2.92. The number of hydrogen-bond acceptors (Lipinski definition) is 1. The van der Waals surface area contributed by atoms with Gasteiger partial charge in [0.2, 0.25) is 0 Å². The van der Waals surface area contributed by atoms with Crippen LogP contribution in [0.4, 0.5) is 13.2 Å². The average molecular weight is 208 g/mol. The van der Waals surface area contributed by atoms with Gasteiger partial charge in [-0.25, -0.2) is 0 Å². The maximum absolute atomic E-state index is 12.8. The zero-order chi connectivity index (χ0) is 10.8. The summed E-state index contributed by atoms with van der Waals surface area (Å²) in [4.78, 5) is 0. The van der Waals surface area contributed by atoms with Crippen molar-refractivity contribution in [1.29, 1.82) is 0 Å². The topological polar surface area (TPSA) is 9.23 Å². The first-order valence-electron chi connectivity index (χ1n) is 4.68. The fourth-order valence-corrected chi connectivity index (χ4v) is 1.85. The summed E-state index contributed by atoms with van der Waals surface area (Å²) < 4.78 is 43.1. The fourth-order valence-electron chi connectivity index (χ4n) is 1.85. The second kappa shape index (κ2) is 3.93. The van der Waals surface area contributed by atoms with Gasteiger partial charge in [0, 0.05) is 13.5 Å². The second-order valence-electron chi connectivity index (χ2n) is 3.92. The molecule has 0 aromatic rings. The molecule has 0 radical (unpaired) electrons. The summed E-state index contributed by atoms with van der Waals surface area (Å²) in [6, 6.07) is 0. The van der Waals surface area contributed by atoms with Gasteiger partial charge in [0.25, 0.3) is 0 Å². The van der Waals surface area contributed by atoms with E-state index in [2.05, 4.69) is 0 Å². The normalized spacial score (nSPS) is 34.2. The van der Waals surface area contributed by atoms with Crippen molar-refractivity contribution in [2.75, 3.05) is 7.11 Å². The van der Waals surface area contributed by atoms with E-state index in [0.717, 1.165) is 7.11 Å². The molecular formula is C10H15F3O. The highest BCUT2D eigenvalue weighted by Gasteiger charge is 2.55. The standard InChI is InChI=1S/C10H15F3O/c1-8-5-3-4-6-9(7-8,14-2)10(11,12)13/h3-4,8H,5-7H2,1-2H3. The molecular weight excluding hydrogens is 193 g/mol. The van der Waals surface area contributed by atoms with E-state index in [1.165, 1.54) is 0 Å². The third kappa shape index (κ3) is 2.11. The molecule has 0 N–H and O–H groups in total. The first-order valence-corrected chi connectivity index (χ1v) is 4.68. The quantitative estimate of drug-likeness (QED) is 0.601. The molecule has 14 heavy (non-hydrogen) atoms. The van der Waals surface area contributed by atoms with Gasteiger partial charge in [0.05, 0.1) is 0 Å². The number of halogens is 3. The Morgan fingerprint density at radius 2 is 2.00 bits per heavy atom. The number of hydrogen-bond donors (Lipinski definition) is 0. The molecule has 0 fully saturated rings. The zero-order valence-corrected chi connectivity index (χ0v) is 8.40. The van der Waals surface area contributed by atoms with Crippen molar-refractivity contribution >= 4 is 0 Å². The van der Waals surface area contributed by atoms with Crippen LogP contribution in [0.1, 0.15) is 26.2 Å². The van der Waals surface area contributed by atoms with Crippen LogP contribution in [0.15, 0.2) is 12.2 Å². The minimum atomic E-state index is -4.29. The molecule has 1 aliphatic rings. The summed E-state index contributed by atoms with van der Waals surface area (Å²) in [6.45, 7) is 1.81. The first-order chi connectivity index (χ1) is 6.41. The van der Waals surface area contributed by atoms with Gasteiger partial charge >= 0.3 is 6.18 Å². The molecule has 0 amide bonds. The van der Waals surface area contributed by atoms with Crippen LogP contribution in [-0.2, 0) is 4.74 Å². The largest absolute Gasteiger partial charge is 0.417 e. The van der Waals surface area contributed by atoms with Crippen molar-refractivity contribution in [3.8, 4) is 0 Å². The van der Waals surface area contributed by atoms with Crippen LogP contribution in [-0.4, -0.2) is 18.9 Å². The Morgan fingerprint density at radius 3 is 2.50 bits per heavy atom. The van der Waals surface area contributed by atoms with Gasteiger partial charge in [-0.2, -0.15) is 13.2 Å². The van der Waals surface area contributed by atoms with E-state index in [-0.39, 0.29) is 18.8 Å². The predicted octanol–water partition coefficient (Wildman–Crippen LogP) is 3.31. The average Bonchev–Trinajstić information content (AvgIpc) is 2.26. The molecule has 0 bridgehead atoms. The lowest BCUT2D eigenvalue weighted by Crippen LogP contribution is -2.47. The van der Waals surface area contributed by atoms with Crippen LogP contribution in [0.3, 0.4) is 0 Å². The monoisotopic (exact) mass is 208 g/mol. The maximum atomic E-state index is 12.8. The Labute approximate surface area is 81.9 Å². The summed E-state index contributed by atoms with van der Waals surface area (Å²) in [7, 11) is 1.14. The molecule has 0 aliphatic heterocycles. The van der Waals surface area contributed by atoms with E-state index >= 15 is 0 Å². The molecule has 0 saturated carbocycles. The summed E-state index contributed by atoms with van der Waals surface area (Å²) in [5, 5.41) is 0. The summed E-state index contributed by atoms with van der Waals surface area (Å²) >= 11 is 0. The fraction of sp³-hybridized carbons (Fsp3) is 0.800. The molecule has 1 aliphatic carbocycles. The molecule has 4 heteroatoms. The van der Waals surface area contributed by atoms with Crippen molar-refractivity contribution in [3.05, 3.63) is 12.2 Å². The molecule has 2 unspecified atom stereocenters. The Hall–Kier alpha value is -0.510. The third-order valence-corrected chi connectivity index (χ3v) is 2.74. The van der Waals surface area contributed by atoms with Gasteiger partial charge in [-0.3, -0.25) is 0 Å². The van der Waals surface area contributed by atoms with Crippen LogP contribution in [0.2, 0.25) is 0 Å². The second-order valence-corrected chi connectivity index (χ2v) is 3.92. The lowest BCUT2D eigenvalue weighted by Gasteiger charge is -2.34. The van der Waals surface area contributed by atoms with Crippen molar-refractivity contribution in [2.24, 2.45) is 5.92 Å². The first kappa shape index (κ1) is 11.6. The SMILES string of the molecule is COC1(C(F)(F)F)CC=CCC(C)C1. The summed E-state index contributed by atoms with van der Waals surface area (Å²) in [5.74, 6) is 0.00956. The van der Waals surface area contributed by atoms with Gasteiger partial charge in [0.1, 0.15) is 0 Å². The van der Waals surface area contributed by atoms with E-state index in [1.807, 2.05) is 6.92 Å². The van der Waals surface area contributed by atoms with Crippen LogP contribution in [0, 0.1) is 5.92 Å². The Kier molecular flexibility index (Phi) is 3.24. The van der Waals surface area contributed by atoms with E-state index in [4.69, 9.17) is 4.74 Å². The van der Waals surface area contributed by atoms with Gasteiger partial charge in [-0.05, 0) is 18.8 Å². The van der Waals surface area contributed by atoms with Crippen molar-refractivity contribution in [1.82, 2.24) is 0 Å². The predicted molar refractivity (Wildman–Crippen MR) is 48.0 cm³/mol. The van der Waals surface area contributed by atoms with Crippen molar-refractivity contribution in [2.45, 2.75) is 38.0 Å². The van der Waals surface area contributed by atoms with Crippen molar-refractivity contribution < 1.29 is 17.9 Å². The number of ether oxygens (including phenoxy) is 1. The van der Waals surface area contributed by atoms with Gasteiger partial charge in [0.15, 0.2) is 5.60 Å². The minimum absolute atomic E-state index is 0.00956. The minimum Gasteiger partial charge on any atom is -0.368 e. The highest BCUT2D eigenvalue weighted by Crippen LogP contribution is 2.42. The highest BCUT2D eigenvalue weighted by molar-refractivity contribution is 5.01. The third-order valence-electron chi connectivity index (χ3n) is 2.74. The molecule has 1 rings (SSSR count). The van der Waals surface area contributed by atoms with E-state index in [0.29, 0.717) is 6.42 Å². The van der Waals surface area contributed by atoms with Crippen LogP contribution < -0.4 is 0 Å². The van der Waals surface area contributed by atoms with Crippen molar-refractivity contribution in [3.63, 3.8) is 0 Å².